The van der Waals surface area contributed by atoms with Crippen molar-refractivity contribution in [2.75, 3.05) is 13.2 Å². The van der Waals surface area contributed by atoms with Crippen molar-refractivity contribution in [3.63, 3.8) is 0 Å². The minimum atomic E-state index is -0.661. The average Bonchev–Trinajstić information content (AvgIpc) is 2.78. The van der Waals surface area contributed by atoms with E-state index < -0.39 is 5.60 Å². The molecule has 0 spiro atoms. The third kappa shape index (κ3) is 2.13. The predicted octanol–water partition coefficient (Wildman–Crippen LogP) is 1.01. The molecular formula is C14H24N2O3. The highest BCUT2D eigenvalue weighted by molar-refractivity contribution is 5.74. The number of aliphatic hydroxyl groups is 1. The van der Waals surface area contributed by atoms with Crippen molar-refractivity contribution in [2.45, 2.75) is 57.3 Å². The molecule has 2 saturated carbocycles. The number of carbonyl (C=O) groups is 1. The van der Waals surface area contributed by atoms with Gasteiger partial charge in [0, 0.05) is 30.5 Å². The number of fused-ring (bicyclic) bond motifs is 1. The number of carbonyl (C=O) groups excluding carboxylic acids is 1. The summed E-state index contributed by atoms with van der Waals surface area (Å²) in [5.74, 6) is 0.451. The summed E-state index contributed by atoms with van der Waals surface area (Å²) < 4.78 is 5.71. The fourth-order valence-corrected chi connectivity index (χ4v) is 3.82. The van der Waals surface area contributed by atoms with Crippen LogP contribution in [0.5, 0.6) is 0 Å². The van der Waals surface area contributed by atoms with Gasteiger partial charge in [-0.3, -0.25) is 0 Å². The van der Waals surface area contributed by atoms with Crippen molar-refractivity contribution in [1.82, 2.24) is 10.6 Å². The molecule has 1 aliphatic heterocycles. The molecule has 108 valence electrons. The summed E-state index contributed by atoms with van der Waals surface area (Å²) >= 11 is 0. The monoisotopic (exact) mass is 268 g/mol. The van der Waals surface area contributed by atoms with Crippen LogP contribution in [-0.2, 0) is 4.74 Å². The lowest BCUT2D eigenvalue weighted by atomic mass is 9.57. The third-order valence-electron chi connectivity index (χ3n) is 5.25. The predicted molar refractivity (Wildman–Crippen MR) is 70.8 cm³/mol. The normalized spacial score (nSPS) is 37.7. The van der Waals surface area contributed by atoms with Crippen LogP contribution in [0.2, 0.25) is 0 Å². The summed E-state index contributed by atoms with van der Waals surface area (Å²) in [6.45, 7) is 5.45. The molecule has 0 aromatic heterocycles. The van der Waals surface area contributed by atoms with Crippen molar-refractivity contribution in [1.29, 1.82) is 0 Å². The second kappa shape index (κ2) is 4.35. The SMILES string of the molecule is CC1(C)C(NC(=O)NCC2(O)CCC2)C2CCOC21. The van der Waals surface area contributed by atoms with Gasteiger partial charge in [-0.15, -0.1) is 0 Å². The van der Waals surface area contributed by atoms with Gasteiger partial charge in [-0.25, -0.2) is 4.79 Å². The van der Waals surface area contributed by atoms with Gasteiger partial charge in [0.2, 0.25) is 0 Å². The molecule has 3 unspecified atom stereocenters. The molecule has 3 N–H and O–H groups in total. The molecule has 2 amide bonds. The molecule has 3 fully saturated rings. The van der Waals surface area contributed by atoms with E-state index >= 15 is 0 Å². The van der Waals surface area contributed by atoms with E-state index in [9.17, 15) is 9.90 Å². The highest BCUT2D eigenvalue weighted by atomic mass is 16.5. The first-order chi connectivity index (χ1) is 8.92. The van der Waals surface area contributed by atoms with Crippen molar-refractivity contribution < 1.29 is 14.6 Å². The Balaban J connectivity index is 1.49. The Morgan fingerprint density at radius 2 is 2.16 bits per heavy atom. The second-order valence-electron chi connectivity index (χ2n) is 6.95. The number of urea groups is 1. The molecule has 3 aliphatic rings. The smallest absolute Gasteiger partial charge is 0.315 e. The molecule has 5 nitrogen and oxygen atoms in total. The zero-order valence-electron chi connectivity index (χ0n) is 11.7. The molecule has 0 radical (unpaired) electrons. The molecule has 1 saturated heterocycles. The Hall–Kier alpha value is -0.810. The Labute approximate surface area is 114 Å². The van der Waals surface area contributed by atoms with E-state index in [1.807, 2.05) is 0 Å². The lowest BCUT2D eigenvalue weighted by Crippen LogP contribution is -2.68. The molecule has 3 atom stereocenters. The van der Waals surface area contributed by atoms with Gasteiger partial charge in [-0.2, -0.15) is 0 Å². The molecular weight excluding hydrogens is 244 g/mol. The molecule has 19 heavy (non-hydrogen) atoms. The van der Waals surface area contributed by atoms with Crippen LogP contribution in [0.15, 0.2) is 0 Å². The Bertz CT molecular complexity index is 379. The van der Waals surface area contributed by atoms with Crippen LogP contribution < -0.4 is 10.6 Å². The average molecular weight is 268 g/mol. The summed E-state index contributed by atoms with van der Waals surface area (Å²) in [5.41, 5.74) is -0.655. The standard InChI is InChI=1S/C14H24N2O3/c1-13(2)10(9-4-7-19-11(9)13)16-12(17)15-8-14(18)5-3-6-14/h9-11,18H,3-8H2,1-2H3,(H2,15,16,17). The van der Waals surface area contributed by atoms with E-state index in [-0.39, 0.29) is 23.6 Å². The molecule has 2 aliphatic carbocycles. The van der Waals surface area contributed by atoms with Gasteiger partial charge in [0.25, 0.3) is 0 Å². The Morgan fingerprint density at radius 3 is 2.79 bits per heavy atom. The number of rotatable bonds is 3. The number of hydrogen-bond acceptors (Lipinski definition) is 3. The molecule has 3 rings (SSSR count). The van der Waals surface area contributed by atoms with Crippen LogP contribution in [0.25, 0.3) is 0 Å². The van der Waals surface area contributed by atoms with Gasteiger partial charge in [0.05, 0.1) is 11.7 Å². The van der Waals surface area contributed by atoms with Crippen molar-refractivity contribution in [2.24, 2.45) is 11.3 Å². The van der Waals surface area contributed by atoms with Crippen molar-refractivity contribution in [3.05, 3.63) is 0 Å². The molecule has 0 bridgehead atoms. The van der Waals surface area contributed by atoms with E-state index in [1.54, 1.807) is 0 Å². The minimum Gasteiger partial charge on any atom is -0.388 e. The topological polar surface area (TPSA) is 70.6 Å². The van der Waals surface area contributed by atoms with Crippen LogP contribution in [0.1, 0.15) is 39.5 Å². The lowest BCUT2D eigenvalue weighted by molar-refractivity contribution is -0.108. The Kier molecular flexibility index (Phi) is 3.02. The summed E-state index contributed by atoms with van der Waals surface area (Å²) in [5, 5.41) is 15.8. The maximum atomic E-state index is 11.9. The molecule has 5 heteroatoms. The van der Waals surface area contributed by atoms with Gasteiger partial charge in [0.1, 0.15) is 0 Å². The first kappa shape index (κ1) is 13.2. The van der Waals surface area contributed by atoms with Gasteiger partial charge in [-0.1, -0.05) is 13.8 Å². The highest BCUT2D eigenvalue weighted by Crippen LogP contribution is 2.52. The number of amides is 2. The Morgan fingerprint density at radius 1 is 1.42 bits per heavy atom. The van der Waals surface area contributed by atoms with Gasteiger partial charge < -0.3 is 20.5 Å². The van der Waals surface area contributed by atoms with Crippen LogP contribution in [0.4, 0.5) is 4.79 Å². The first-order valence-corrected chi connectivity index (χ1v) is 7.31. The zero-order chi connectivity index (χ0) is 13.7. The summed E-state index contributed by atoms with van der Waals surface area (Å²) in [7, 11) is 0. The van der Waals surface area contributed by atoms with E-state index in [4.69, 9.17) is 4.74 Å². The van der Waals surface area contributed by atoms with Crippen molar-refractivity contribution in [3.8, 4) is 0 Å². The van der Waals surface area contributed by atoms with E-state index in [0.29, 0.717) is 12.5 Å². The molecule has 0 aromatic rings. The first-order valence-electron chi connectivity index (χ1n) is 7.31. The number of ether oxygens (including phenoxy) is 1. The second-order valence-corrected chi connectivity index (χ2v) is 6.95. The third-order valence-corrected chi connectivity index (χ3v) is 5.25. The van der Waals surface area contributed by atoms with E-state index in [1.165, 1.54) is 0 Å². The fourth-order valence-electron chi connectivity index (χ4n) is 3.82. The highest BCUT2D eigenvalue weighted by Gasteiger charge is 2.59. The summed E-state index contributed by atoms with van der Waals surface area (Å²) in [4.78, 5) is 11.9. The van der Waals surface area contributed by atoms with Crippen LogP contribution in [-0.4, -0.2) is 42.0 Å². The van der Waals surface area contributed by atoms with Crippen LogP contribution in [0, 0.1) is 11.3 Å². The van der Waals surface area contributed by atoms with Gasteiger partial charge in [0.15, 0.2) is 0 Å². The number of hydrogen-bond donors (Lipinski definition) is 3. The largest absolute Gasteiger partial charge is 0.388 e. The fraction of sp³-hybridized carbons (Fsp3) is 0.929. The minimum absolute atomic E-state index is 0.00583. The molecule has 0 aromatic carbocycles. The maximum absolute atomic E-state index is 11.9. The van der Waals surface area contributed by atoms with Gasteiger partial charge >= 0.3 is 6.03 Å². The van der Waals surface area contributed by atoms with Crippen LogP contribution >= 0.6 is 0 Å². The zero-order valence-corrected chi connectivity index (χ0v) is 11.7. The van der Waals surface area contributed by atoms with E-state index in [0.717, 1.165) is 32.3 Å². The van der Waals surface area contributed by atoms with Gasteiger partial charge in [-0.05, 0) is 25.7 Å². The lowest BCUT2D eigenvalue weighted by Gasteiger charge is -2.54. The van der Waals surface area contributed by atoms with Crippen molar-refractivity contribution >= 4 is 6.03 Å². The summed E-state index contributed by atoms with van der Waals surface area (Å²) in [6.07, 6.45) is 3.95. The van der Waals surface area contributed by atoms with Crippen LogP contribution in [0.3, 0.4) is 0 Å². The molecule has 1 heterocycles. The maximum Gasteiger partial charge on any atom is 0.315 e. The number of nitrogens with one attached hydrogen (secondary N) is 2. The quantitative estimate of drug-likeness (QED) is 0.715. The summed E-state index contributed by atoms with van der Waals surface area (Å²) in [6, 6.07) is 0.0137. The van der Waals surface area contributed by atoms with E-state index in [2.05, 4.69) is 24.5 Å².